The lowest BCUT2D eigenvalue weighted by atomic mass is 9.87. The van der Waals surface area contributed by atoms with Crippen LogP contribution in [0.1, 0.15) is 56.9 Å². The third-order valence-electron chi connectivity index (χ3n) is 9.03. The Morgan fingerprint density at radius 1 is 1.00 bits per heavy atom. The number of carboxylic acids is 1. The minimum Gasteiger partial charge on any atom is -0.481 e. The lowest BCUT2D eigenvalue weighted by Crippen LogP contribution is -2.48. The van der Waals surface area contributed by atoms with Crippen LogP contribution in [0.15, 0.2) is 46.9 Å². The van der Waals surface area contributed by atoms with Crippen LogP contribution >= 0.6 is 11.6 Å². The average Bonchev–Trinajstić information content (AvgIpc) is 3.73. The summed E-state index contributed by atoms with van der Waals surface area (Å²) >= 11 is 5.99. The van der Waals surface area contributed by atoms with Gasteiger partial charge in [-0.1, -0.05) is 17.7 Å². The molecule has 1 aromatic heterocycles. The predicted octanol–water partition coefficient (Wildman–Crippen LogP) is 5.88. The molecule has 0 bridgehead atoms. The molecular formula is C32H39ClN4O5. The van der Waals surface area contributed by atoms with E-state index in [1.165, 1.54) is 12.8 Å². The Bertz CT molecular complexity index is 1380. The van der Waals surface area contributed by atoms with Crippen molar-refractivity contribution in [2.24, 2.45) is 5.92 Å². The van der Waals surface area contributed by atoms with Crippen LogP contribution in [-0.4, -0.2) is 76.2 Å². The molecule has 3 aromatic rings. The van der Waals surface area contributed by atoms with Gasteiger partial charge in [0.1, 0.15) is 5.52 Å². The van der Waals surface area contributed by atoms with Gasteiger partial charge in [-0.15, -0.1) is 0 Å². The lowest BCUT2D eigenvalue weighted by Gasteiger charge is -2.34. The highest BCUT2D eigenvalue weighted by Gasteiger charge is 2.38. The van der Waals surface area contributed by atoms with Crippen LogP contribution in [0.2, 0.25) is 5.02 Å². The fourth-order valence-corrected chi connectivity index (χ4v) is 6.88. The molecule has 6 rings (SSSR count). The average molecular weight is 595 g/mol. The number of hydrogen-bond donors (Lipinski definition) is 2. The smallest absolute Gasteiger partial charge is 0.306 e. The molecule has 0 unspecified atom stereocenters. The number of nitrogens with one attached hydrogen (secondary N) is 1. The third-order valence-corrected chi connectivity index (χ3v) is 9.28. The minimum absolute atomic E-state index is 0.0338. The summed E-state index contributed by atoms with van der Waals surface area (Å²) in [7, 11) is 0. The molecule has 3 aliphatic rings. The molecular weight excluding hydrogens is 556 g/mol. The first-order chi connectivity index (χ1) is 20.4. The number of carbonyl (C=O) groups excluding carboxylic acids is 1. The number of amides is 1. The van der Waals surface area contributed by atoms with Gasteiger partial charge in [0.05, 0.1) is 31.1 Å². The predicted molar refractivity (Wildman–Crippen MR) is 161 cm³/mol. The highest BCUT2D eigenvalue weighted by atomic mass is 35.5. The molecule has 0 spiro atoms. The van der Waals surface area contributed by atoms with Crippen molar-refractivity contribution in [3.05, 3.63) is 53.1 Å². The first-order valence-corrected chi connectivity index (χ1v) is 15.6. The molecule has 42 heavy (non-hydrogen) atoms. The third kappa shape index (κ3) is 6.90. The number of oxazole rings is 1. The first kappa shape index (κ1) is 29.0. The Morgan fingerprint density at radius 3 is 2.48 bits per heavy atom. The Balaban J connectivity index is 1.12. The summed E-state index contributed by atoms with van der Waals surface area (Å²) in [5.74, 6) is -0.855. The van der Waals surface area contributed by atoms with Crippen LogP contribution in [0, 0.1) is 5.92 Å². The van der Waals surface area contributed by atoms with Gasteiger partial charge < -0.3 is 29.4 Å². The van der Waals surface area contributed by atoms with Crippen molar-refractivity contribution in [1.82, 2.24) is 14.8 Å². The monoisotopic (exact) mass is 594 g/mol. The molecule has 3 heterocycles. The number of benzene rings is 2. The van der Waals surface area contributed by atoms with E-state index in [1.807, 2.05) is 30.3 Å². The summed E-state index contributed by atoms with van der Waals surface area (Å²) in [6, 6.07) is 13.7. The molecule has 0 radical (unpaired) electrons. The van der Waals surface area contributed by atoms with Crippen molar-refractivity contribution in [2.45, 2.75) is 76.0 Å². The molecule has 3 fully saturated rings. The van der Waals surface area contributed by atoms with Gasteiger partial charge in [0, 0.05) is 23.3 Å². The van der Waals surface area contributed by atoms with Gasteiger partial charge in [-0.05, 0) is 106 Å². The fourth-order valence-electron chi connectivity index (χ4n) is 6.75. The van der Waals surface area contributed by atoms with Crippen LogP contribution in [-0.2, 0) is 20.7 Å². The van der Waals surface area contributed by atoms with Gasteiger partial charge in [0.15, 0.2) is 5.58 Å². The normalized spacial score (nSPS) is 24.8. The summed E-state index contributed by atoms with van der Waals surface area (Å²) in [4.78, 5) is 34.3. The number of carbonyl (C=O) groups is 2. The fraction of sp³-hybridized carbons (Fsp3) is 0.531. The second-order valence-corrected chi connectivity index (χ2v) is 12.4. The molecule has 1 amide bonds. The molecule has 9 nitrogen and oxygen atoms in total. The number of rotatable bonds is 10. The van der Waals surface area contributed by atoms with Crippen LogP contribution in [0.3, 0.4) is 0 Å². The zero-order chi connectivity index (χ0) is 29.1. The topological polar surface area (TPSA) is 108 Å². The summed E-state index contributed by atoms with van der Waals surface area (Å²) in [5.41, 5.74) is 3.06. The maximum Gasteiger partial charge on any atom is 0.306 e. The minimum atomic E-state index is -0.705. The number of hydrogen-bond acceptors (Lipinski definition) is 7. The van der Waals surface area contributed by atoms with E-state index in [4.69, 9.17) is 20.8 Å². The Hall–Kier alpha value is -3.14. The maximum atomic E-state index is 13.9. The van der Waals surface area contributed by atoms with Gasteiger partial charge >= 0.3 is 5.97 Å². The van der Waals surface area contributed by atoms with Crippen molar-refractivity contribution in [1.29, 1.82) is 0 Å². The molecule has 224 valence electrons. The molecule has 10 heteroatoms. The molecule has 2 N–H and O–H groups in total. The summed E-state index contributed by atoms with van der Waals surface area (Å²) in [6.07, 6.45) is 7.54. The zero-order valence-electron chi connectivity index (χ0n) is 23.8. The number of anilines is 2. The molecule has 1 aliphatic carbocycles. The SMILES string of the molecule is O=C(O)C1CCC(OC[C@@H]2CC[C@@H](CN3CCCC3)N2C(=O)Cc2ccc3nc(Nc4ccc(Cl)cc4)oc3c2)CC1. The van der Waals surface area contributed by atoms with Crippen LogP contribution in [0.5, 0.6) is 0 Å². The summed E-state index contributed by atoms with van der Waals surface area (Å²) < 4.78 is 12.3. The van der Waals surface area contributed by atoms with Crippen LogP contribution in [0.25, 0.3) is 11.1 Å². The highest BCUT2D eigenvalue weighted by Crippen LogP contribution is 2.31. The number of nitrogens with zero attached hydrogens (tertiary/aromatic N) is 3. The quantitative estimate of drug-likeness (QED) is 0.299. The first-order valence-electron chi connectivity index (χ1n) is 15.2. The lowest BCUT2D eigenvalue weighted by molar-refractivity contribution is -0.144. The molecule has 1 saturated carbocycles. The second kappa shape index (κ2) is 13.0. The van der Waals surface area contributed by atoms with E-state index in [0.29, 0.717) is 36.1 Å². The van der Waals surface area contributed by atoms with Crippen LogP contribution in [0.4, 0.5) is 11.7 Å². The number of likely N-dealkylation sites (tertiary alicyclic amines) is 2. The number of fused-ring (bicyclic) bond motifs is 1. The van der Waals surface area contributed by atoms with Gasteiger partial charge in [0.25, 0.3) is 6.01 Å². The van der Waals surface area contributed by atoms with Crippen molar-refractivity contribution >= 4 is 46.3 Å². The van der Waals surface area contributed by atoms with E-state index in [-0.39, 0.29) is 36.4 Å². The molecule has 2 aromatic carbocycles. The number of aromatic nitrogens is 1. The van der Waals surface area contributed by atoms with E-state index in [9.17, 15) is 14.7 Å². The maximum absolute atomic E-state index is 13.9. The van der Waals surface area contributed by atoms with E-state index in [2.05, 4.69) is 20.1 Å². The van der Waals surface area contributed by atoms with Gasteiger partial charge in [-0.3, -0.25) is 9.59 Å². The number of ether oxygens (including phenoxy) is 1. The Kier molecular flexibility index (Phi) is 8.97. The van der Waals surface area contributed by atoms with Gasteiger partial charge in [-0.2, -0.15) is 4.98 Å². The van der Waals surface area contributed by atoms with Crippen LogP contribution < -0.4 is 5.32 Å². The van der Waals surface area contributed by atoms with Crippen molar-refractivity contribution < 1.29 is 23.8 Å². The zero-order valence-corrected chi connectivity index (χ0v) is 24.6. The van der Waals surface area contributed by atoms with Crippen molar-refractivity contribution in [3.63, 3.8) is 0 Å². The van der Waals surface area contributed by atoms with E-state index in [0.717, 1.165) is 62.1 Å². The highest BCUT2D eigenvalue weighted by molar-refractivity contribution is 6.30. The van der Waals surface area contributed by atoms with E-state index >= 15 is 0 Å². The molecule has 2 atom stereocenters. The molecule has 2 saturated heterocycles. The second-order valence-electron chi connectivity index (χ2n) is 12.0. The Labute approximate surface area is 251 Å². The Morgan fingerprint density at radius 2 is 1.74 bits per heavy atom. The molecule has 2 aliphatic heterocycles. The van der Waals surface area contributed by atoms with Gasteiger partial charge in [0.2, 0.25) is 5.91 Å². The van der Waals surface area contributed by atoms with Crippen molar-refractivity contribution in [2.75, 3.05) is 31.6 Å². The summed E-state index contributed by atoms with van der Waals surface area (Å²) in [6.45, 7) is 3.61. The number of aliphatic carboxylic acids is 1. The number of halogens is 1. The van der Waals surface area contributed by atoms with Gasteiger partial charge in [-0.25, -0.2) is 0 Å². The van der Waals surface area contributed by atoms with Crippen molar-refractivity contribution in [3.8, 4) is 0 Å². The standard InChI is InChI=1S/C32H39ClN4O5/c33-23-6-8-24(9-7-23)34-32-35-28-14-3-21(17-29(28)42-32)18-30(38)37-25(19-36-15-1-2-16-36)10-11-26(37)20-41-27-12-4-22(5-13-27)31(39)40/h3,6-9,14,17,22,25-27H,1-2,4-5,10-13,15-16,18-20H2,(H,34,35)(H,39,40)/t22?,25-,26-,27?/m0/s1. The summed E-state index contributed by atoms with van der Waals surface area (Å²) in [5, 5.41) is 13.1. The largest absolute Gasteiger partial charge is 0.481 e. The van der Waals surface area contributed by atoms with E-state index in [1.54, 1.807) is 12.1 Å². The number of carboxylic acid groups (broad SMARTS) is 1. The van der Waals surface area contributed by atoms with E-state index < -0.39 is 5.97 Å².